The molecule has 2 aliphatic rings. The number of amides is 2. The molecule has 0 saturated heterocycles. The molecule has 1 N–H and O–H groups in total. The number of anilines is 1. The molecule has 2 atom stereocenters. The molecule has 1 heterocycles. The van der Waals surface area contributed by atoms with E-state index in [0.717, 1.165) is 12.8 Å². The van der Waals surface area contributed by atoms with Crippen molar-refractivity contribution < 1.29 is 45.4 Å². The maximum absolute atomic E-state index is 13.1. The summed E-state index contributed by atoms with van der Waals surface area (Å²) in [5.74, 6) is 0.201. The zero-order chi connectivity index (χ0) is 29.4. The Morgan fingerprint density at radius 1 is 1.02 bits per heavy atom. The molecular formula is C27H27ClF6N2O4. The van der Waals surface area contributed by atoms with E-state index in [4.69, 9.17) is 21.1 Å². The summed E-state index contributed by atoms with van der Waals surface area (Å²) in [6, 6.07) is 5.25. The summed E-state index contributed by atoms with van der Waals surface area (Å²) in [5, 5.41) is 3.08. The van der Waals surface area contributed by atoms with Crippen molar-refractivity contribution in [3.63, 3.8) is 0 Å². The number of ether oxygens (including phenoxy) is 2. The molecule has 4 rings (SSSR count). The standard InChI is InChI=1S/C27H27ClF6N2O4/c1-14(2)40-25(38)36-22-6-5-19(28)12-20(22)21(13-23(36)16-3-4-16)35-24(37)39-8-7-15-9-17(26(29,30)31)11-18(10-15)27(32,33)34/h5-6,9-12,14,16,21,23H,3-4,7-8,13H2,1-2H3,(H,35,37)/t21-,23-/m0/s1. The van der Waals surface area contributed by atoms with Gasteiger partial charge >= 0.3 is 24.5 Å². The lowest BCUT2D eigenvalue weighted by Gasteiger charge is -2.41. The molecule has 0 spiro atoms. The Kier molecular flexibility index (Phi) is 8.49. The lowest BCUT2D eigenvalue weighted by molar-refractivity contribution is -0.143. The van der Waals surface area contributed by atoms with E-state index in [1.165, 1.54) is 0 Å². The van der Waals surface area contributed by atoms with E-state index in [2.05, 4.69) is 5.32 Å². The Bertz CT molecular complexity index is 1230. The van der Waals surface area contributed by atoms with Crippen molar-refractivity contribution in [1.29, 1.82) is 0 Å². The first-order valence-electron chi connectivity index (χ1n) is 12.6. The molecule has 1 fully saturated rings. The number of hydrogen-bond acceptors (Lipinski definition) is 4. The zero-order valence-electron chi connectivity index (χ0n) is 21.5. The van der Waals surface area contributed by atoms with Crippen molar-refractivity contribution in [2.24, 2.45) is 5.92 Å². The number of hydrogen-bond donors (Lipinski definition) is 1. The van der Waals surface area contributed by atoms with Crippen molar-refractivity contribution >= 4 is 29.5 Å². The largest absolute Gasteiger partial charge is 0.449 e. The quantitative estimate of drug-likeness (QED) is 0.346. The van der Waals surface area contributed by atoms with Crippen molar-refractivity contribution in [3.05, 3.63) is 63.7 Å². The second-order valence-corrected chi connectivity index (χ2v) is 10.6. The van der Waals surface area contributed by atoms with Crippen LogP contribution in [0.15, 0.2) is 36.4 Å². The molecule has 1 aliphatic carbocycles. The second kappa shape index (κ2) is 11.4. The third-order valence-electron chi connectivity index (χ3n) is 6.70. The molecule has 1 aliphatic heterocycles. The predicted octanol–water partition coefficient (Wildman–Crippen LogP) is 7.92. The molecule has 2 amide bonds. The van der Waals surface area contributed by atoms with E-state index in [-0.39, 0.29) is 36.1 Å². The Morgan fingerprint density at radius 2 is 1.65 bits per heavy atom. The molecule has 1 saturated carbocycles. The number of rotatable bonds is 6. The van der Waals surface area contributed by atoms with Gasteiger partial charge in [0.15, 0.2) is 0 Å². The van der Waals surface area contributed by atoms with Gasteiger partial charge in [-0.25, -0.2) is 9.59 Å². The number of fused-ring (bicyclic) bond motifs is 1. The third kappa shape index (κ3) is 7.13. The van der Waals surface area contributed by atoms with Crippen LogP contribution in [-0.2, 0) is 28.2 Å². The van der Waals surface area contributed by atoms with Gasteiger partial charge in [0.25, 0.3) is 0 Å². The van der Waals surface area contributed by atoms with Gasteiger partial charge in [0.05, 0.1) is 35.6 Å². The average molecular weight is 593 g/mol. The maximum Gasteiger partial charge on any atom is 0.416 e. The molecule has 6 nitrogen and oxygen atoms in total. The van der Waals surface area contributed by atoms with Crippen LogP contribution in [-0.4, -0.2) is 30.9 Å². The van der Waals surface area contributed by atoms with Crippen molar-refractivity contribution in [3.8, 4) is 0 Å². The fraction of sp³-hybridized carbons (Fsp3) is 0.481. The van der Waals surface area contributed by atoms with Crippen LogP contribution < -0.4 is 10.2 Å². The van der Waals surface area contributed by atoms with Crippen molar-refractivity contribution in [2.45, 2.75) is 70.1 Å². The lowest BCUT2D eigenvalue weighted by Crippen LogP contribution is -2.49. The zero-order valence-corrected chi connectivity index (χ0v) is 22.3. The minimum absolute atomic E-state index is 0.0409. The van der Waals surface area contributed by atoms with Gasteiger partial charge in [-0.3, -0.25) is 4.90 Å². The first kappa shape index (κ1) is 29.8. The van der Waals surface area contributed by atoms with Crippen molar-refractivity contribution in [2.75, 3.05) is 11.5 Å². The van der Waals surface area contributed by atoms with Crippen LogP contribution >= 0.6 is 11.6 Å². The number of benzene rings is 2. The Labute approximate surface area is 231 Å². The first-order valence-corrected chi connectivity index (χ1v) is 13.0. The SMILES string of the molecule is CC(C)OC(=O)N1c2ccc(Cl)cc2[C@@H](NC(=O)OCCc2cc(C(F)(F)F)cc(C(F)(F)F)c2)C[C@H]1C1CC1. The summed E-state index contributed by atoms with van der Waals surface area (Å²) in [6.07, 6.45) is -9.97. The molecule has 0 radical (unpaired) electrons. The van der Waals surface area contributed by atoms with Crippen LogP contribution in [0.5, 0.6) is 0 Å². The highest BCUT2D eigenvalue weighted by Crippen LogP contribution is 2.47. The fourth-order valence-corrected chi connectivity index (χ4v) is 4.98. The molecule has 0 unspecified atom stereocenters. The number of alkyl carbamates (subject to hydrolysis) is 1. The van der Waals surface area contributed by atoms with E-state index >= 15 is 0 Å². The smallest absolute Gasteiger partial charge is 0.416 e. The number of nitrogens with zero attached hydrogens (tertiary/aromatic N) is 1. The summed E-state index contributed by atoms with van der Waals surface area (Å²) < 4.78 is 89.3. The Balaban J connectivity index is 1.48. The van der Waals surface area contributed by atoms with Crippen LogP contribution in [0.4, 0.5) is 41.6 Å². The number of halogens is 7. The molecule has 40 heavy (non-hydrogen) atoms. The van der Waals surface area contributed by atoms with Crippen LogP contribution in [0.25, 0.3) is 0 Å². The van der Waals surface area contributed by atoms with Gasteiger partial charge in [0.2, 0.25) is 0 Å². The van der Waals surface area contributed by atoms with Gasteiger partial charge in [-0.15, -0.1) is 0 Å². The second-order valence-electron chi connectivity index (χ2n) is 10.1. The first-order chi connectivity index (χ1) is 18.6. The summed E-state index contributed by atoms with van der Waals surface area (Å²) >= 11 is 6.20. The highest BCUT2D eigenvalue weighted by molar-refractivity contribution is 6.30. The van der Waals surface area contributed by atoms with Gasteiger partial charge in [-0.05, 0) is 86.6 Å². The Hall–Kier alpha value is -3.15. The minimum atomic E-state index is -4.97. The van der Waals surface area contributed by atoms with Crippen LogP contribution in [0.2, 0.25) is 5.02 Å². The number of carbonyl (C=O) groups excluding carboxylic acids is 2. The van der Waals surface area contributed by atoms with Gasteiger partial charge in [0.1, 0.15) is 0 Å². The minimum Gasteiger partial charge on any atom is -0.449 e. The normalized spacial score (nSPS) is 19.3. The van der Waals surface area contributed by atoms with E-state index in [0.29, 0.717) is 34.8 Å². The molecular weight excluding hydrogens is 566 g/mol. The highest BCUT2D eigenvalue weighted by atomic mass is 35.5. The lowest BCUT2D eigenvalue weighted by atomic mass is 9.89. The summed E-state index contributed by atoms with van der Waals surface area (Å²) in [4.78, 5) is 27.2. The fourth-order valence-electron chi connectivity index (χ4n) is 4.80. The predicted molar refractivity (Wildman–Crippen MR) is 134 cm³/mol. The van der Waals surface area contributed by atoms with Gasteiger partial charge in [-0.1, -0.05) is 11.6 Å². The van der Waals surface area contributed by atoms with Gasteiger partial charge in [0, 0.05) is 17.5 Å². The maximum atomic E-state index is 13.1. The molecule has 0 bridgehead atoms. The highest BCUT2D eigenvalue weighted by Gasteiger charge is 2.45. The van der Waals surface area contributed by atoms with E-state index in [1.807, 2.05) is 0 Å². The third-order valence-corrected chi connectivity index (χ3v) is 6.93. The number of alkyl halides is 6. The van der Waals surface area contributed by atoms with E-state index in [1.54, 1.807) is 36.9 Å². The molecule has 2 aromatic rings. The number of nitrogens with one attached hydrogen (secondary N) is 1. The Morgan fingerprint density at radius 3 is 2.20 bits per heavy atom. The van der Waals surface area contributed by atoms with Gasteiger partial charge in [-0.2, -0.15) is 26.3 Å². The summed E-state index contributed by atoms with van der Waals surface area (Å²) in [6.45, 7) is 3.01. The molecule has 0 aromatic heterocycles. The monoisotopic (exact) mass is 592 g/mol. The number of carbonyl (C=O) groups is 2. The molecule has 218 valence electrons. The summed E-state index contributed by atoms with van der Waals surface area (Å²) in [5.41, 5.74) is -2.09. The topological polar surface area (TPSA) is 67.9 Å². The van der Waals surface area contributed by atoms with E-state index < -0.39 is 48.3 Å². The van der Waals surface area contributed by atoms with E-state index in [9.17, 15) is 35.9 Å². The van der Waals surface area contributed by atoms with Crippen LogP contribution in [0.3, 0.4) is 0 Å². The molecule has 13 heteroatoms. The van der Waals surface area contributed by atoms with Crippen molar-refractivity contribution in [1.82, 2.24) is 5.32 Å². The molecule has 2 aromatic carbocycles. The summed E-state index contributed by atoms with van der Waals surface area (Å²) in [7, 11) is 0. The average Bonchev–Trinajstić information content (AvgIpc) is 3.67. The van der Waals surface area contributed by atoms with Gasteiger partial charge < -0.3 is 14.8 Å². The van der Waals surface area contributed by atoms with Crippen LogP contribution in [0.1, 0.15) is 61.4 Å². The van der Waals surface area contributed by atoms with Crippen LogP contribution in [0, 0.1) is 5.92 Å².